The molecule has 0 bridgehead atoms. The van der Waals surface area contributed by atoms with Crippen molar-refractivity contribution in [1.82, 2.24) is 0 Å². The number of phenols is 2. The maximum absolute atomic E-state index is 11.3. The molecule has 1 unspecified atom stereocenters. The Hall–Kier alpha value is -2.54. The Labute approximate surface area is 114 Å². The second-order valence-corrected chi connectivity index (χ2v) is 3.98. The van der Waals surface area contributed by atoms with E-state index in [1.807, 2.05) is 0 Å². The van der Waals surface area contributed by atoms with E-state index < -0.39 is 18.0 Å². The molecule has 0 aliphatic carbocycles. The zero-order valence-electron chi connectivity index (χ0n) is 10.5. The number of hydrogen-bond acceptors (Lipinski definition) is 6. The van der Waals surface area contributed by atoms with Crippen LogP contribution < -0.4 is 5.73 Å². The van der Waals surface area contributed by atoms with Crippen molar-refractivity contribution in [3.05, 3.63) is 29.8 Å². The van der Waals surface area contributed by atoms with Gasteiger partial charge >= 0.3 is 11.9 Å². The maximum Gasteiger partial charge on any atom is 0.330 e. The molecule has 0 fully saturated rings. The monoisotopic (exact) mass is 281 g/mol. The van der Waals surface area contributed by atoms with Crippen molar-refractivity contribution in [2.75, 3.05) is 6.61 Å². The van der Waals surface area contributed by atoms with Gasteiger partial charge in [0.2, 0.25) is 0 Å². The van der Waals surface area contributed by atoms with E-state index in [2.05, 4.69) is 0 Å². The summed E-state index contributed by atoms with van der Waals surface area (Å²) < 4.78 is 4.76. The Bertz CT molecular complexity index is 526. The lowest BCUT2D eigenvalue weighted by atomic mass is 10.2. The summed E-state index contributed by atoms with van der Waals surface area (Å²) in [5, 5.41) is 26.9. The van der Waals surface area contributed by atoms with Crippen molar-refractivity contribution in [2.45, 2.75) is 12.5 Å². The highest BCUT2D eigenvalue weighted by Gasteiger charge is 2.11. The molecule has 1 atom stereocenters. The first kappa shape index (κ1) is 15.5. The lowest BCUT2D eigenvalue weighted by molar-refractivity contribution is -0.142. The predicted molar refractivity (Wildman–Crippen MR) is 70.0 cm³/mol. The second-order valence-electron chi connectivity index (χ2n) is 3.98. The van der Waals surface area contributed by atoms with Crippen molar-refractivity contribution >= 4 is 18.0 Å². The highest BCUT2D eigenvalue weighted by atomic mass is 16.5. The molecule has 0 radical (unpaired) electrons. The third-order valence-corrected chi connectivity index (χ3v) is 2.40. The second kappa shape index (κ2) is 7.15. The molecule has 0 amide bonds. The van der Waals surface area contributed by atoms with Gasteiger partial charge in [-0.05, 0) is 23.8 Å². The molecule has 108 valence electrons. The van der Waals surface area contributed by atoms with E-state index in [9.17, 15) is 14.7 Å². The van der Waals surface area contributed by atoms with Gasteiger partial charge in [-0.15, -0.1) is 0 Å². The van der Waals surface area contributed by atoms with Crippen molar-refractivity contribution in [1.29, 1.82) is 0 Å². The molecule has 1 aromatic carbocycles. The number of carbonyl (C=O) groups excluding carboxylic acids is 1. The minimum absolute atomic E-state index is 0.0227. The van der Waals surface area contributed by atoms with E-state index in [1.54, 1.807) is 0 Å². The van der Waals surface area contributed by atoms with Gasteiger partial charge < -0.3 is 25.8 Å². The lowest BCUT2D eigenvalue weighted by Gasteiger charge is -2.05. The van der Waals surface area contributed by atoms with Crippen LogP contribution in [0.25, 0.3) is 6.08 Å². The van der Waals surface area contributed by atoms with Crippen LogP contribution in [0, 0.1) is 0 Å². The number of benzene rings is 1. The number of ether oxygens (including phenoxy) is 1. The number of aliphatic carboxylic acids is 1. The third kappa shape index (κ3) is 4.99. The van der Waals surface area contributed by atoms with Crippen molar-refractivity contribution in [3.8, 4) is 11.5 Å². The SMILES string of the molecule is NC(CCOC(=O)C=Cc1ccc(O)c(O)c1)C(=O)O. The number of carboxylic acid groups (broad SMARTS) is 1. The maximum atomic E-state index is 11.3. The molecule has 7 heteroatoms. The topological polar surface area (TPSA) is 130 Å². The Morgan fingerprint density at radius 3 is 2.60 bits per heavy atom. The predicted octanol–water partition coefficient (Wildman–Crippen LogP) is 0.456. The van der Waals surface area contributed by atoms with Crippen LogP contribution in [0.2, 0.25) is 0 Å². The van der Waals surface area contributed by atoms with Crippen LogP contribution in [0.15, 0.2) is 24.3 Å². The first-order chi connectivity index (χ1) is 9.40. The van der Waals surface area contributed by atoms with Crippen LogP contribution in [0.4, 0.5) is 0 Å². The van der Waals surface area contributed by atoms with Gasteiger partial charge in [-0.1, -0.05) is 6.07 Å². The van der Waals surface area contributed by atoms with E-state index in [0.717, 1.165) is 6.08 Å². The molecule has 0 spiro atoms. The largest absolute Gasteiger partial charge is 0.504 e. The molecule has 5 N–H and O–H groups in total. The fourth-order valence-corrected chi connectivity index (χ4v) is 1.27. The number of esters is 1. The van der Waals surface area contributed by atoms with Gasteiger partial charge in [-0.25, -0.2) is 4.79 Å². The number of hydrogen-bond donors (Lipinski definition) is 4. The average Bonchev–Trinajstić information content (AvgIpc) is 2.40. The van der Waals surface area contributed by atoms with E-state index in [1.165, 1.54) is 24.3 Å². The third-order valence-electron chi connectivity index (χ3n) is 2.40. The highest BCUT2D eigenvalue weighted by Crippen LogP contribution is 2.25. The molecule has 0 aromatic heterocycles. The summed E-state index contributed by atoms with van der Waals surface area (Å²) in [7, 11) is 0. The van der Waals surface area contributed by atoms with Gasteiger partial charge in [0, 0.05) is 12.5 Å². The van der Waals surface area contributed by atoms with Crippen molar-refractivity contribution in [2.24, 2.45) is 5.73 Å². The zero-order chi connectivity index (χ0) is 15.1. The van der Waals surface area contributed by atoms with Gasteiger partial charge in [-0.2, -0.15) is 0 Å². The highest BCUT2D eigenvalue weighted by molar-refractivity contribution is 5.87. The van der Waals surface area contributed by atoms with Crippen LogP contribution in [-0.4, -0.2) is 39.9 Å². The summed E-state index contributed by atoms with van der Waals surface area (Å²) in [6.07, 6.45) is 2.53. The summed E-state index contributed by atoms with van der Waals surface area (Å²) in [5.74, 6) is -2.37. The minimum atomic E-state index is -1.16. The minimum Gasteiger partial charge on any atom is -0.504 e. The molecule has 0 heterocycles. The zero-order valence-corrected chi connectivity index (χ0v) is 10.5. The normalized spacial score (nSPS) is 12.2. The first-order valence-electron chi connectivity index (χ1n) is 5.75. The fraction of sp³-hybridized carbons (Fsp3) is 0.231. The summed E-state index contributed by atoms with van der Waals surface area (Å²) >= 11 is 0. The van der Waals surface area contributed by atoms with Gasteiger partial charge in [0.1, 0.15) is 6.04 Å². The van der Waals surface area contributed by atoms with Crippen LogP contribution in [-0.2, 0) is 14.3 Å². The van der Waals surface area contributed by atoms with E-state index in [0.29, 0.717) is 5.56 Å². The fourth-order valence-electron chi connectivity index (χ4n) is 1.27. The molecule has 0 aliphatic heterocycles. The van der Waals surface area contributed by atoms with Gasteiger partial charge in [0.25, 0.3) is 0 Å². The number of carbonyl (C=O) groups is 2. The van der Waals surface area contributed by atoms with E-state index in [-0.39, 0.29) is 24.5 Å². The molecule has 0 saturated carbocycles. The van der Waals surface area contributed by atoms with Crippen molar-refractivity contribution < 1.29 is 29.6 Å². The first-order valence-corrected chi connectivity index (χ1v) is 5.75. The summed E-state index contributed by atoms with van der Waals surface area (Å²) in [6, 6.07) is 2.99. The Morgan fingerprint density at radius 2 is 2.00 bits per heavy atom. The van der Waals surface area contributed by atoms with Gasteiger partial charge in [0.05, 0.1) is 6.61 Å². The van der Waals surface area contributed by atoms with Crippen LogP contribution in [0.3, 0.4) is 0 Å². The molecule has 1 rings (SSSR count). The van der Waals surface area contributed by atoms with Crippen LogP contribution in [0.1, 0.15) is 12.0 Å². The molecule has 20 heavy (non-hydrogen) atoms. The summed E-state index contributed by atoms with van der Waals surface area (Å²) in [6.45, 7) is -0.0997. The Morgan fingerprint density at radius 1 is 1.30 bits per heavy atom. The Kier molecular flexibility index (Phi) is 5.55. The number of aromatic hydroxyl groups is 2. The Balaban J connectivity index is 2.43. The summed E-state index contributed by atoms with van der Waals surface area (Å²) in [4.78, 5) is 21.7. The molecular weight excluding hydrogens is 266 g/mol. The molecule has 1 aromatic rings. The van der Waals surface area contributed by atoms with E-state index in [4.69, 9.17) is 20.7 Å². The quantitative estimate of drug-likeness (QED) is 0.338. The lowest BCUT2D eigenvalue weighted by Crippen LogP contribution is -2.31. The molecular formula is C13H15NO6. The van der Waals surface area contributed by atoms with Crippen molar-refractivity contribution in [3.63, 3.8) is 0 Å². The smallest absolute Gasteiger partial charge is 0.330 e. The molecule has 0 saturated heterocycles. The van der Waals surface area contributed by atoms with Gasteiger partial charge in [0.15, 0.2) is 11.5 Å². The van der Waals surface area contributed by atoms with E-state index >= 15 is 0 Å². The number of rotatable bonds is 6. The van der Waals surface area contributed by atoms with Gasteiger partial charge in [-0.3, -0.25) is 4.79 Å². The average molecular weight is 281 g/mol. The van der Waals surface area contributed by atoms with Crippen LogP contribution in [0.5, 0.6) is 11.5 Å². The number of carboxylic acids is 1. The number of nitrogens with two attached hydrogens (primary N) is 1. The summed E-state index contributed by atoms with van der Waals surface area (Å²) in [5.41, 5.74) is 5.74. The standard InChI is InChI=1S/C13H15NO6/c14-9(13(18)19)5-6-20-12(17)4-2-8-1-3-10(15)11(16)7-8/h1-4,7,9,15-16H,5-6,14H2,(H,18,19). The molecule has 0 aliphatic rings. The molecule has 7 nitrogen and oxygen atoms in total. The van der Waals surface area contributed by atoms with Crippen LogP contribution >= 0.6 is 0 Å². The number of phenolic OH excluding ortho intramolecular Hbond substituents is 2.